The maximum atomic E-state index is 11.8. The van der Waals surface area contributed by atoms with Crippen LogP contribution in [0.15, 0.2) is 40.8 Å². The molecule has 2 aromatic heterocycles. The third-order valence-corrected chi connectivity index (χ3v) is 4.63. The molecule has 8 heteroatoms. The first kappa shape index (κ1) is 15.9. The summed E-state index contributed by atoms with van der Waals surface area (Å²) in [6.45, 7) is 2.12. The fourth-order valence-electron chi connectivity index (χ4n) is 2.37. The summed E-state index contributed by atoms with van der Waals surface area (Å²) in [7, 11) is 0. The zero-order valence-electron chi connectivity index (χ0n) is 13.1. The summed E-state index contributed by atoms with van der Waals surface area (Å²) < 4.78 is 11.5. The van der Waals surface area contributed by atoms with E-state index in [-0.39, 0.29) is 5.97 Å². The van der Waals surface area contributed by atoms with E-state index < -0.39 is 0 Å². The summed E-state index contributed by atoms with van der Waals surface area (Å²) in [6, 6.07) is 10.8. The summed E-state index contributed by atoms with van der Waals surface area (Å²) in [4.78, 5) is 20.6. The van der Waals surface area contributed by atoms with Crippen molar-refractivity contribution in [1.29, 1.82) is 0 Å². The minimum absolute atomic E-state index is 0.335. The molecule has 4 rings (SSSR count). The lowest BCUT2D eigenvalue weighted by atomic mass is 10.2. The molecule has 0 unspecified atom stereocenters. The predicted octanol–water partition coefficient (Wildman–Crippen LogP) is 5.01. The molecule has 25 heavy (non-hydrogen) atoms. The topological polar surface area (TPSA) is 77.2 Å². The lowest BCUT2D eigenvalue weighted by Crippen LogP contribution is -2.03. The van der Waals surface area contributed by atoms with Gasteiger partial charge in [-0.15, -0.1) is 0 Å². The van der Waals surface area contributed by atoms with Crippen LogP contribution in [0.25, 0.3) is 21.3 Å². The van der Waals surface area contributed by atoms with E-state index in [1.165, 1.54) is 11.3 Å². The van der Waals surface area contributed by atoms with Crippen LogP contribution in [0.4, 0.5) is 11.1 Å². The second-order valence-electron chi connectivity index (χ2n) is 5.18. The molecular weight excluding hydrogens is 362 g/mol. The third-order valence-electron chi connectivity index (χ3n) is 3.46. The normalized spacial score (nSPS) is 11.1. The van der Waals surface area contributed by atoms with Crippen LogP contribution in [-0.2, 0) is 4.74 Å². The van der Waals surface area contributed by atoms with Gasteiger partial charge < -0.3 is 9.15 Å². The molecule has 126 valence electrons. The van der Waals surface area contributed by atoms with Crippen LogP contribution in [0.1, 0.15) is 17.3 Å². The van der Waals surface area contributed by atoms with Gasteiger partial charge in [-0.3, -0.25) is 5.32 Å². The van der Waals surface area contributed by atoms with E-state index in [2.05, 4.69) is 15.3 Å². The monoisotopic (exact) mass is 373 g/mol. The molecule has 2 aromatic carbocycles. The van der Waals surface area contributed by atoms with Crippen LogP contribution < -0.4 is 5.32 Å². The fraction of sp³-hybridized carbons (Fsp3) is 0.118. The van der Waals surface area contributed by atoms with Gasteiger partial charge in [-0.05, 0) is 43.3 Å². The van der Waals surface area contributed by atoms with Gasteiger partial charge in [-0.25, -0.2) is 9.78 Å². The van der Waals surface area contributed by atoms with Gasteiger partial charge in [-0.2, -0.15) is 4.98 Å². The number of anilines is 2. The van der Waals surface area contributed by atoms with Crippen molar-refractivity contribution in [2.24, 2.45) is 0 Å². The largest absolute Gasteiger partial charge is 0.462 e. The summed E-state index contributed by atoms with van der Waals surface area (Å²) in [5, 5.41) is 4.26. The molecule has 0 bridgehead atoms. The first-order valence-electron chi connectivity index (χ1n) is 7.53. The number of esters is 1. The minimum Gasteiger partial charge on any atom is -0.462 e. The van der Waals surface area contributed by atoms with Gasteiger partial charge in [0.25, 0.3) is 0 Å². The first-order valence-corrected chi connectivity index (χ1v) is 8.72. The van der Waals surface area contributed by atoms with Gasteiger partial charge >= 0.3 is 12.0 Å². The van der Waals surface area contributed by atoms with Crippen LogP contribution in [0.3, 0.4) is 0 Å². The van der Waals surface area contributed by atoms with Crippen LogP contribution in [0.2, 0.25) is 5.02 Å². The summed E-state index contributed by atoms with van der Waals surface area (Å²) in [5.41, 5.74) is 2.58. The zero-order valence-corrected chi connectivity index (χ0v) is 14.6. The number of rotatable bonds is 4. The minimum atomic E-state index is -0.344. The van der Waals surface area contributed by atoms with Gasteiger partial charge in [0.2, 0.25) is 0 Å². The standard InChI is InChI=1S/C17H12ClN3O3S/c1-2-23-15(22)9-3-5-11-14(7-9)25-17(20-11)21-16-19-12-8-10(18)4-6-13(12)24-16/h3-8H,2H2,1H3,(H,19,20,21). The number of aromatic nitrogens is 2. The number of fused-ring (bicyclic) bond motifs is 2. The maximum absolute atomic E-state index is 11.8. The molecule has 4 aromatic rings. The molecule has 0 fully saturated rings. The van der Waals surface area contributed by atoms with Crippen molar-refractivity contribution in [3.8, 4) is 0 Å². The fourth-order valence-corrected chi connectivity index (χ4v) is 3.43. The number of hydrogen-bond acceptors (Lipinski definition) is 7. The Labute approximate surface area is 151 Å². The molecule has 0 aliphatic rings. The van der Waals surface area contributed by atoms with Crippen molar-refractivity contribution >= 4 is 61.4 Å². The van der Waals surface area contributed by atoms with Gasteiger partial charge in [0.1, 0.15) is 5.52 Å². The van der Waals surface area contributed by atoms with Gasteiger partial charge in [0.05, 0.1) is 22.4 Å². The highest BCUT2D eigenvalue weighted by Gasteiger charge is 2.12. The van der Waals surface area contributed by atoms with E-state index >= 15 is 0 Å². The van der Waals surface area contributed by atoms with Crippen LogP contribution in [-0.4, -0.2) is 22.5 Å². The quantitative estimate of drug-likeness (QED) is 0.506. The van der Waals surface area contributed by atoms with E-state index in [4.69, 9.17) is 20.8 Å². The zero-order chi connectivity index (χ0) is 17.4. The first-order chi connectivity index (χ1) is 12.1. The average Bonchev–Trinajstić information content (AvgIpc) is 3.16. The van der Waals surface area contributed by atoms with Crippen molar-refractivity contribution in [2.45, 2.75) is 6.92 Å². The summed E-state index contributed by atoms with van der Waals surface area (Å²) >= 11 is 7.35. The van der Waals surface area contributed by atoms with Gasteiger partial charge in [0.15, 0.2) is 10.7 Å². The van der Waals surface area contributed by atoms with E-state index in [1.54, 1.807) is 43.3 Å². The maximum Gasteiger partial charge on any atom is 0.338 e. The van der Waals surface area contributed by atoms with E-state index in [1.807, 2.05) is 0 Å². The number of carbonyl (C=O) groups is 1. The molecule has 2 heterocycles. The second kappa shape index (κ2) is 6.34. The number of halogens is 1. The lowest BCUT2D eigenvalue weighted by molar-refractivity contribution is 0.0526. The number of benzene rings is 2. The summed E-state index contributed by atoms with van der Waals surface area (Å²) in [5.74, 6) is -0.344. The Balaban J connectivity index is 1.63. The van der Waals surface area contributed by atoms with Crippen molar-refractivity contribution < 1.29 is 13.9 Å². The number of oxazole rings is 1. The molecule has 0 saturated carbocycles. The highest BCUT2D eigenvalue weighted by Crippen LogP contribution is 2.30. The van der Waals surface area contributed by atoms with Crippen molar-refractivity contribution in [1.82, 2.24) is 9.97 Å². The lowest BCUT2D eigenvalue weighted by Gasteiger charge is -2.00. The van der Waals surface area contributed by atoms with Crippen molar-refractivity contribution in [3.63, 3.8) is 0 Å². The molecule has 6 nitrogen and oxygen atoms in total. The molecule has 0 aliphatic carbocycles. The Morgan fingerprint density at radius 2 is 2.12 bits per heavy atom. The predicted molar refractivity (Wildman–Crippen MR) is 97.9 cm³/mol. The van der Waals surface area contributed by atoms with Gasteiger partial charge in [0, 0.05) is 5.02 Å². The van der Waals surface area contributed by atoms with E-state index in [0.29, 0.717) is 39.4 Å². The molecule has 0 spiro atoms. The smallest absolute Gasteiger partial charge is 0.338 e. The van der Waals surface area contributed by atoms with Crippen LogP contribution in [0.5, 0.6) is 0 Å². The molecule has 0 amide bonds. The number of thiazole rings is 1. The molecular formula is C17H12ClN3O3S. The molecule has 0 saturated heterocycles. The molecule has 0 atom stereocenters. The molecule has 0 aliphatic heterocycles. The van der Waals surface area contributed by atoms with E-state index in [0.717, 1.165) is 10.2 Å². The SMILES string of the molecule is CCOC(=O)c1ccc2nc(Nc3nc4cc(Cl)ccc4o3)sc2c1. The number of nitrogens with zero attached hydrogens (tertiary/aromatic N) is 2. The average molecular weight is 374 g/mol. The van der Waals surface area contributed by atoms with Gasteiger partial charge in [-0.1, -0.05) is 22.9 Å². The van der Waals surface area contributed by atoms with Crippen LogP contribution >= 0.6 is 22.9 Å². The third kappa shape index (κ3) is 3.16. The number of carbonyl (C=O) groups excluding carboxylic acids is 1. The number of nitrogens with one attached hydrogen (secondary N) is 1. The number of hydrogen-bond donors (Lipinski definition) is 1. The number of ether oxygens (including phenoxy) is 1. The Hall–Kier alpha value is -2.64. The highest BCUT2D eigenvalue weighted by atomic mass is 35.5. The highest BCUT2D eigenvalue weighted by molar-refractivity contribution is 7.22. The van der Waals surface area contributed by atoms with E-state index in [9.17, 15) is 4.79 Å². The molecule has 1 N–H and O–H groups in total. The summed E-state index contributed by atoms with van der Waals surface area (Å²) in [6.07, 6.45) is 0. The second-order valence-corrected chi connectivity index (χ2v) is 6.65. The van der Waals surface area contributed by atoms with Crippen molar-refractivity contribution in [2.75, 3.05) is 11.9 Å². The molecule has 0 radical (unpaired) electrons. The Morgan fingerprint density at radius 3 is 2.96 bits per heavy atom. The van der Waals surface area contributed by atoms with Crippen LogP contribution in [0, 0.1) is 0 Å². The Bertz CT molecular complexity index is 1090. The van der Waals surface area contributed by atoms with Crippen molar-refractivity contribution in [3.05, 3.63) is 47.0 Å². The Morgan fingerprint density at radius 1 is 1.24 bits per heavy atom. The Kier molecular flexibility index (Phi) is 4.03.